The lowest BCUT2D eigenvalue weighted by Crippen LogP contribution is -2.59. The predicted octanol–water partition coefficient (Wildman–Crippen LogP) is 0.596. The molecule has 0 unspecified atom stereocenters. The second-order valence-corrected chi connectivity index (χ2v) is 13.8. The molecule has 0 spiro atoms. The van der Waals surface area contributed by atoms with E-state index < -0.39 is 90.4 Å². The molecule has 0 bridgehead atoms. The van der Waals surface area contributed by atoms with Crippen LogP contribution >= 0.6 is 0 Å². The molecule has 6 amide bonds. The Labute approximate surface area is 279 Å². The maximum absolute atomic E-state index is 13.7. The van der Waals surface area contributed by atoms with Crippen LogP contribution in [-0.2, 0) is 28.7 Å². The van der Waals surface area contributed by atoms with Crippen LogP contribution in [0.5, 0.6) is 0 Å². The van der Waals surface area contributed by atoms with Gasteiger partial charge in [-0.2, -0.15) is 0 Å². The molecule has 0 radical (unpaired) electrons. The third kappa shape index (κ3) is 17.9. The minimum atomic E-state index is -1.40. The fourth-order valence-corrected chi connectivity index (χ4v) is 4.54. The summed E-state index contributed by atoms with van der Waals surface area (Å²) in [6.07, 6.45) is -2.70. The number of alkyl carbamates (subject to hydrolysis) is 1. The lowest BCUT2D eigenvalue weighted by molar-refractivity contribution is -0.134. The second kappa shape index (κ2) is 20.7. The van der Waals surface area contributed by atoms with Crippen LogP contribution < -0.4 is 32.3 Å². The first-order valence-electron chi connectivity index (χ1n) is 16.4. The number of hydrogen-bond donors (Lipinski definition) is 8. The van der Waals surface area contributed by atoms with Crippen molar-refractivity contribution in [3.8, 4) is 0 Å². The molecule has 8 atom stereocenters. The Morgan fingerprint density at radius 2 is 1.26 bits per heavy atom. The van der Waals surface area contributed by atoms with Crippen LogP contribution in [0.4, 0.5) is 4.79 Å². The van der Waals surface area contributed by atoms with Crippen molar-refractivity contribution in [3.63, 3.8) is 0 Å². The number of aliphatic hydroxyl groups excluding tert-OH is 2. The lowest BCUT2D eigenvalue weighted by Gasteiger charge is -2.32. The summed E-state index contributed by atoms with van der Waals surface area (Å²) in [5, 5.41) is 33.5. The van der Waals surface area contributed by atoms with Gasteiger partial charge in [0, 0.05) is 6.54 Å². The summed E-state index contributed by atoms with van der Waals surface area (Å²) in [5.74, 6) is -4.14. The van der Waals surface area contributed by atoms with E-state index in [0.717, 1.165) is 0 Å². The Morgan fingerprint density at radius 3 is 1.70 bits per heavy atom. The first-order chi connectivity index (χ1) is 21.6. The van der Waals surface area contributed by atoms with E-state index in [2.05, 4.69) is 26.6 Å². The molecule has 0 aromatic carbocycles. The van der Waals surface area contributed by atoms with Crippen LogP contribution in [0.1, 0.15) is 101 Å². The quantitative estimate of drug-likeness (QED) is 0.0902. The Bertz CT molecular complexity index is 1050. The van der Waals surface area contributed by atoms with Gasteiger partial charge >= 0.3 is 6.09 Å². The van der Waals surface area contributed by atoms with E-state index in [1.165, 1.54) is 6.92 Å². The molecule has 0 aliphatic heterocycles. The third-order valence-corrected chi connectivity index (χ3v) is 7.50. The Hall–Kier alpha value is -3.46. The van der Waals surface area contributed by atoms with Crippen LogP contribution in [0.25, 0.3) is 0 Å². The summed E-state index contributed by atoms with van der Waals surface area (Å²) < 4.78 is 5.33. The third-order valence-electron chi connectivity index (χ3n) is 7.50. The standard InChI is InChI=1S/C32H60N6O9/c1-11-18(5)26(37-30(45)27(19(6)12-2)38-31(46)47-32(8,9)10)29(44)36-21(13-17(3)4)23(40)15-25(42)35-22(14-24(33)41)28(43)34-16-20(7)39/h17-23,26-27,39-40H,11-16H2,1-10H3,(H2,33,41)(H,34,43)(H,35,42)(H,36,44)(H,37,45)(H,38,46)/t18-,19-,20-,21-,22-,23-,26-,27-/m0/s1. The van der Waals surface area contributed by atoms with Gasteiger partial charge in [-0.05, 0) is 51.9 Å². The number of primary amides is 1. The number of aliphatic hydroxyl groups is 2. The number of ether oxygens (including phenoxy) is 1. The highest BCUT2D eigenvalue weighted by Gasteiger charge is 2.35. The predicted molar refractivity (Wildman–Crippen MR) is 176 cm³/mol. The molecular weight excluding hydrogens is 612 g/mol. The topological polar surface area (TPSA) is 238 Å². The summed E-state index contributed by atoms with van der Waals surface area (Å²) in [7, 11) is 0. The Kier molecular flexibility index (Phi) is 19.2. The highest BCUT2D eigenvalue weighted by Crippen LogP contribution is 2.16. The van der Waals surface area contributed by atoms with Gasteiger partial charge in [0.15, 0.2) is 0 Å². The normalized spacial score (nSPS) is 16.7. The van der Waals surface area contributed by atoms with Crippen LogP contribution in [0.2, 0.25) is 0 Å². The maximum Gasteiger partial charge on any atom is 0.408 e. The van der Waals surface area contributed by atoms with Crippen molar-refractivity contribution in [3.05, 3.63) is 0 Å². The number of amides is 6. The number of hydrogen-bond acceptors (Lipinski definition) is 9. The van der Waals surface area contributed by atoms with Crippen molar-refractivity contribution in [1.82, 2.24) is 26.6 Å². The highest BCUT2D eigenvalue weighted by molar-refractivity contribution is 5.93. The summed E-state index contributed by atoms with van der Waals surface area (Å²) in [6.45, 7) is 17.5. The molecule has 15 heteroatoms. The second-order valence-electron chi connectivity index (χ2n) is 13.8. The van der Waals surface area contributed by atoms with E-state index in [9.17, 15) is 39.0 Å². The van der Waals surface area contributed by atoms with Crippen molar-refractivity contribution >= 4 is 35.6 Å². The van der Waals surface area contributed by atoms with Crippen LogP contribution in [-0.4, -0.2) is 94.4 Å². The van der Waals surface area contributed by atoms with Crippen molar-refractivity contribution in [2.75, 3.05) is 6.54 Å². The van der Waals surface area contributed by atoms with Gasteiger partial charge in [0.1, 0.15) is 23.7 Å². The molecule has 15 nitrogen and oxygen atoms in total. The van der Waals surface area contributed by atoms with Crippen molar-refractivity contribution in [2.45, 2.75) is 143 Å². The van der Waals surface area contributed by atoms with Gasteiger partial charge < -0.3 is 47.3 Å². The van der Waals surface area contributed by atoms with E-state index in [1.54, 1.807) is 34.6 Å². The number of nitrogens with one attached hydrogen (secondary N) is 5. The molecular formula is C32H60N6O9. The fourth-order valence-electron chi connectivity index (χ4n) is 4.54. The molecule has 0 saturated carbocycles. The monoisotopic (exact) mass is 672 g/mol. The molecule has 0 heterocycles. The van der Waals surface area contributed by atoms with E-state index in [0.29, 0.717) is 12.8 Å². The Balaban J connectivity index is 5.91. The van der Waals surface area contributed by atoms with E-state index in [4.69, 9.17) is 10.5 Å². The average molecular weight is 673 g/mol. The Morgan fingerprint density at radius 1 is 0.745 bits per heavy atom. The first kappa shape index (κ1) is 43.5. The molecule has 47 heavy (non-hydrogen) atoms. The van der Waals surface area contributed by atoms with E-state index >= 15 is 0 Å². The summed E-state index contributed by atoms with van der Waals surface area (Å²) in [4.78, 5) is 76.6. The number of carbonyl (C=O) groups is 6. The average Bonchev–Trinajstić information content (AvgIpc) is 2.94. The molecule has 0 aromatic rings. The van der Waals surface area contributed by atoms with Gasteiger partial charge in [0.05, 0.1) is 31.1 Å². The lowest BCUT2D eigenvalue weighted by atomic mass is 9.93. The van der Waals surface area contributed by atoms with Gasteiger partial charge in [-0.1, -0.05) is 54.4 Å². The minimum absolute atomic E-state index is 0.0173. The molecule has 0 aliphatic carbocycles. The van der Waals surface area contributed by atoms with Gasteiger partial charge in [0.25, 0.3) is 0 Å². The number of nitrogens with two attached hydrogens (primary N) is 1. The summed E-state index contributed by atoms with van der Waals surface area (Å²) >= 11 is 0. The van der Waals surface area contributed by atoms with Crippen molar-refractivity contribution in [2.24, 2.45) is 23.5 Å². The molecule has 0 aliphatic rings. The molecule has 0 fully saturated rings. The maximum atomic E-state index is 13.7. The molecule has 9 N–H and O–H groups in total. The zero-order chi connectivity index (χ0) is 36.6. The zero-order valence-electron chi connectivity index (χ0n) is 29.8. The summed E-state index contributed by atoms with van der Waals surface area (Å²) in [5.41, 5.74) is 4.46. The van der Waals surface area contributed by atoms with E-state index in [-0.39, 0.29) is 30.7 Å². The van der Waals surface area contributed by atoms with Gasteiger partial charge in [-0.3, -0.25) is 24.0 Å². The fraction of sp³-hybridized carbons (Fsp3) is 0.812. The van der Waals surface area contributed by atoms with Crippen molar-refractivity contribution < 1.29 is 43.7 Å². The smallest absolute Gasteiger partial charge is 0.408 e. The summed E-state index contributed by atoms with van der Waals surface area (Å²) in [6, 6.07) is -4.27. The molecule has 0 rings (SSSR count). The molecule has 0 saturated heterocycles. The van der Waals surface area contributed by atoms with Gasteiger partial charge in [0.2, 0.25) is 29.5 Å². The van der Waals surface area contributed by atoms with Gasteiger partial charge in [-0.15, -0.1) is 0 Å². The largest absolute Gasteiger partial charge is 0.444 e. The van der Waals surface area contributed by atoms with Crippen LogP contribution in [0.15, 0.2) is 0 Å². The number of carbonyl (C=O) groups excluding carboxylic acids is 6. The first-order valence-corrected chi connectivity index (χ1v) is 16.4. The van der Waals surface area contributed by atoms with Crippen LogP contribution in [0, 0.1) is 17.8 Å². The highest BCUT2D eigenvalue weighted by atomic mass is 16.6. The van der Waals surface area contributed by atoms with Gasteiger partial charge in [-0.25, -0.2) is 4.79 Å². The number of rotatable bonds is 20. The molecule has 0 aromatic heterocycles. The molecule has 272 valence electrons. The minimum Gasteiger partial charge on any atom is -0.444 e. The van der Waals surface area contributed by atoms with Crippen molar-refractivity contribution in [1.29, 1.82) is 0 Å². The SMILES string of the molecule is CC[C@H](C)[C@H](NC(=O)OC(C)(C)C)C(=O)N[C@H](C(=O)N[C@@H](CC(C)C)[C@@H](O)CC(=O)N[C@@H](CC(N)=O)C(=O)NC[C@H](C)O)[C@@H](C)CC. The zero-order valence-corrected chi connectivity index (χ0v) is 29.8. The van der Waals surface area contributed by atoms with Crippen LogP contribution in [0.3, 0.4) is 0 Å². The van der Waals surface area contributed by atoms with E-state index in [1.807, 2.05) is 27.7 Å².